The molecule has 0 saturated heterocycles. The summed E-state index contributed by atoms with van der Waals surface area (Å²) >= 11 is 0. The van der Waals surface area contributed by atoms with Gasteiger partial charge in [0, 0.05) is 42.8 Å². The lowest BCUT2D eigenvalue weighted by Crippen LogP contribution is -2.28. The Morgan fingerprint density at radius 1 is 0.909 bits per heavy atom. The summed E-state index contributed by atoms with van der Waals surface area (Å²) < 4.78 is 13.8. The summed E-state index contributed by atoms with van der Waals surface area (Å²) in [6.07, 6.45) is 4.77. The first-order chi connectivity index (χ1) is 10.7. The van der Waals surface area contributed by atoms with Crippen molar-refractivity contribution in [3.05, 3.63) is 73.1 Å². The molecule has 4 heteroatoms. The molecule has 1 aliphatic rings. The SMILES string of the molecule is CN1C=CN(CCP(=O)(c2ccccc2)c2ccccc2)C1. The fourth-order valence-corrected chi connectivity index (χ4v) is 5.41. The lowest BCUT2D eigenvalue weighted by atomic mass is 10.4. The zero-order valence-corrected chi connectivity index (χ0v) is 13.7. The van der Waals surface area contributed by atoms with E-state index in [1.165, 1.54) is 0 Å². The Labute approximate surface area is 132 Å². The molecule has 2 aromatic rings. The number of rotatable bonds is 5. The highest BCUT2D eigenvalue weighted by Gasteiger charge is 2.27. The van der Waals surface area contributed by atoms with Gasteiger partial charge in [-0.25, -0.2) is 0 Å². The summed E-state index contributed by atoms with van der Waals surface area (Å²) in [6.45, 7) is 1.66. The minimum absolute atomic E-state index is 0.652. The summed E-state index contributed by atoms with van der Waals surface area (Å²) in [5, 5.41) is 1.88. The molecular weight excluding hydrogens is 291 g/mol. The number of nitrogens with zero attached hydrogens (tertiary/aromatic N) is 2. The summed E-state index contributed by atoms with van der Waals surface area (Å²) in [4.78, 5) is 4.33. The van der Waals surface area contributed by atoms with E-state index in [0.29, 0.717) is 6.16 Å². The van der Waals surface area contributed by atoms with Crippen LogP contribution >= 0.6 is 7.14 Å². The molecule has 1 heterocycles. The van der Waals surface area contributed by atoms with Gasteiger partial charge in [0.2, 0.25) is 0 Å². The quantitative estimate of drug-likeness (QED) is 0.793. The van der Waals surface area contributed by atoms with Gasteiger partial charge < -0.3 is 14.4 Å². The Morgan fingerprint density at radius 3 is 1.91 bits per heavy atom. The predicted octanol–water partition coefficient (Wildman–Crippen LogP) is 2.68. The molecular formula is C18H21N2OP. The molecule has 0 atom stereocenters. The van der Waals surface area contributed by atoms with Crippen molar-refractivity contribution in [3.8, 4) is 0 Å². The third-order valence-electron chi connectivity index (χ3n) is 3.99. The van der Waals surface area contributed by atoms with E-state index in [1.807, 2.05) is 67.7 Å². The zero-order chi connectivity index (χ0) is 15.4. The van der Waals surface area contributed by atoms with Gasteiger partial charge in [-0.2, -0.15) is 0 Å². The lowest BCUT2D eigenvalue weighted by Gasteiger charge is -2.23. The minimum Gasteiger partial charge on any atom is -0.362 e. The second kappa shape index (κ2) is 6.41. The first-order valence-corrected chi connectivity index (χ1v) is 9.41. The highest BCUT2D eigenvalue weighted by molar-refractivity contribution is 7.78. The van der Waals surface area contributed by atoms with E-state index in [4.69, 9.17) is 0 Å². The minimum atomic E-state index is -2.59. The Morgan fingerprint density at radius 2 is 1.45 bits per heavy atom. The van der Waals surface area contributed by atoms with Crippen molar-refractivity contribution >= 4 is 17.8 Å². The van der Waals surface area contributed by atoms with E-state index in [1.54, 1.807) is 0 Å². The van der Waals surface area contributed by atoms with Crippen LogP contribution in [0.5, 0.6) is 0 Å². The fraction of sp³-hybridized carbons (Fsp3) is 0.222. The lowest BCUT2D eigenvalue weighted by molar-refractivity contribution is 0.309. The van der Waals surface area contributed by atoms with Crippen molar-refractivity contribution in [1.82, 2.24) is 9.80 Å². The number of hydrogen-bond donors (Lipinski definition) is 0. The Bertz CT molecular complexity index is 641. The highest BCUT2D eigenvalue weighted by Crippen LogP contribution is 2.43. The van der Waals surface area contributed by atoms with Gasteiger partial charge in [0.1, 0.15) is 7.14 Å². The molecule has 0 spiro atoms. The van der Waals surface area contributed by atoms with Gasteiger partial charge in [-0.15, -0.1) is 0 Å². The smallest absolute Gasteiger partial charge is 0.144 e. The maximum Gasteiger partial charge on any atom is 0.144 e. The average molecular weight is 312 g/mol. The van der Waals surface area contributed by atoms with E-state index in [9.17, 15) is 4.57 Å². The number of hydrogen-bond acceptors (Lipinski definition) is 3. The largest absolute Gasteiger partial charge is 0.362 e. The third kappa shape index (κ3) is 3.10. The van der Waals surface area contributed by atoms with Crippen LogP contribution < -0.4 is 10.6 Å². The molecule has 0 saturated carbocycles. The van der Waals surface area contributed by atoms with Crippen LogP contribution in [0.2, 0.25) is 0 Å². The van der Waals surface area contributed by atoms with E-state index < -0.39 is 7.14 Å². The van der Waals surface area contributed by atoms with E-state index in [2.05, 4.69) is 22.2 Å². The van der Waals surface area contributed by atoms with Gasteiger partial charge in [-0.05, 0) is 0 Å². The summed E-state index contributed by atoms with van der Waals surface area (Å²) in [5.41, 5.74) is 0. The van der Waals surface area contributed by atoms with Crippen molar-refractivity contribution < 1.29 is 4.57 Å². The monoisotopic (exact) mass is 312 g/mol. The Hall–Kier alpha value is -1.99. The van der Waals surface area contributed by atoms with Crippen molar-refractivity contribution in [2.75, 3.05) is 26.4 Å². The van der Waals surface area contributed by atoms with Crippen LogP contribution in [0, 0.1) is 0 Å². The topological polar surface area (TPSA) is 23.6 Å². The molecule has 0 bridgehead atoms. The summed E-state index contributed by atoms with van der Waals surface area (Å²) in [5.74, 6) is 0. The molecule has 2 aromatic carbocycles. The maximum absolute atomic E-state index is 13.8. The molecule has 0 aliphatic carbocycles. The molecule has 3 nitrogen and oxygen atoms in total. The van der Waals surface area contributed by atoms with E-state index in [-0.39, 0.29) is 0 Å². The first kappa shape index (κ1) is 14.9. The van der Waals surface area contributed by atoms with Gasteiger partial charge in [0.25, 0.3) is 0 Å². The fourth-order valence-electron chi connectivity index (χ4n) is 2.75. The van der Waals surface area contributed by atoms with Crippen LogP contribution in [0.25, 0.3) is 0 Å². The van der Waals surface area contributed by atoms with Gasteiger partial charge in [-0.1, -0.05) is 60.7 Å². The normalized spacial score (nSPS) is 14.6. The predicted molar refractivity (Wildman–Crippen MR) is 93.1 cm³/mol. The molecule has 1 aliphatic heterocycles. The zero-order valence-electron chi connectivity index (χ0n) is 12.8. The van der Waals surface area contributed by atoms with Crippen LogP contribution in [0.4, 0.5) is 0 Å². The van der Waals surface area contributed by atoms with Crippen molar-refractivity contribution in [1.29, 1.82) is 0 Å². The van der Waals surface area contributed by atoms with Crippen LogP contribution in [-0.4, -0.2) is 36.2 Å². The van der Waals surface area contributed by atoms with Gasteiger partial charge in [0.05, 0.1) is 6.67 Å². The summed E-state index contributed by atoms with van der Waals surface area (Å²) in [7, 11) is -0.544. The van der Waals surface area contributed by atoms with Gasteiger partial charge in [-0.3, -0.25) is 0 Å². The third-order valence-corrected chi connectivity index (χ3v) is 7.08. The van der Waals surface area contributed by atoms with Gasteiger partial charge in [0.15, 0.2) is 0 Å². The molecule has 0 fully saturated rings. The molecule has 0 N–H and O–H groups in total. The first-order valence-electron chi connectivity index (χ1n) is 7.51. The highest BCUT2D eigenvalue weighted by atomic mass is 31.2. The van der Waals surface area contributed by atoms with Crippen LogP contribution in [0.15, 0.2) is 73.1 Å². The second-order valence-corrected chi connectivity index (χ2v) is 8.60. The number of benzene rings is 2. The maximum atomic E-state index is 13.8. The molecule has 0 radical (unpaired) electrons. The van der Waals surface area contributed by atoms with E-state index in [0.717, 1.165) is 23.8 Å². The van der Waals surface area contributed by atoms with Crippen molar-refractivity contribution in [2.24, 2.45) is 0 Å². The van der Waals surface area contributed by atoms with Crippen LogP contribution in [-0.2, 0) is 4.57 Å². The second-order valence-electron chi connectivity index (χ2n) is 5.64. The van der Waals surface area contributed by atoms with Gasteiger partial charge >= 0.3 is 0 Å². The van der Waals surface area contributed by atoms with Crippen LogP contribution in [0.1, 0.15) is 0 Å². The molecule has 114 valence electrons. The van der Waals surface area contributed by atoms with Crippen molar-refractivity contribution in [2.45, 2.75) is 0 Å². The molecule has 0 amide bonds. The molecule has 3 rings (SSSR count). The standard InChI is InChI=1S/C18H21N2OP/c1-19-12-13-20(16-19)14-15-22(21,17-8-4-2-5-9-17)18-10-6-3-7-11-18/h2-13H,14-16H2,1H3. The van der Waals surface area contributed by atoms with Crippen LogP contribution in [0.3, 0.4) is 0 Å². The Balaban J connectivity index is 1.87. The van der Waals surface area contributed by atoms with Crippen molar-refractivity contribution in [3.63, 3.8) is 0 Å². The Kier molecular flexibility index (Phi) is 4.35. The molecule has 0 unspecified atom stereocenters. The molecule has 0 aromatic heterocycles. The van der Waals surface area contributed by atoms with E-state index >= 15 is 0 Å². The molecule has 22 heavy (non-hydrogen) atoms. The average Bonchev–Trinajstić information content (AvgIpc) is 3.00. The summed E-state index contributed by atoms with van der Waals surface area (Å²) in [6, 6.07) is 19.7.